The van der Waals surface area contributed by atoms with E-state index in [1.54, 1.807) is 6.07 Å². The average molecular weight is 241 g/mol. The van der Waals surface area contributed by atoms with Gasteiger partial charge in [-0.05, 0) is 25.5 Å². The third kappa shape index (κ3) is 3.11. The lowest BCUT2D eigenvalue weighted by Crippen LogP contribution is -2.18. The van der Waals surface area contributed by atoms with Crippen molar-refractivity contribution in [3.63, 3.8) is 0 Å². The molecule has 0 amide bonds. The maximum Gasteiger partial charge on any atom is 0.120 e. The highest BCUT2D eigenvalue weighted by Crippen LogP contribution is 2.18. The molecule has 94 valence electrons. The Morgan fingerprint density at radius 3 is 2.39 bits per heavy atom. The summed E-state index contributed by atoms with van der Waals surface area (Å²) in [5, 5.41) is 13.1. The summed E-state index contributed by atoms with van der Waals surface area (Å²) in [4.78, 5) is 0. The van der Waals surface area contributed by atoms with Crippen LogP contribution in [0.15, 0.2) is 48.5 Å². The Morgan fingerprint density at radius 1 is 1.06 bits per heavy atom. The number of aryl methyl sites for hydroxylation is 1. The van der Waals surface area contributed by atoms with Gasteiger partial charge in [-0.2, -0.15) is 0 Å². The van der Waals surface area contributed by atoms with Crippen molar-refractivity contribution in [3.05, 3.63) is 65.2 Å². The second kappa shape index (κ2) is 5.69. The van der Waals surface area contributed by atoms with E-state index < -0.39 is 0 Å². The monoisotopic (exact) mass is 241 g/mol. The second-order valence-electron chi connectivity index (χ2n) is 4.64. The second-order valence-corrected chi connectivity index (χ2v) is 4.64. The molecule has 0 aromatic heterocycles. The third-order valence-electron chi connectivity index (χ3n) is 3.17. The minimum absolute atomic E-state index is 0.269. The first-order chi connectivity index (χ1) is 8.66. The molecule has 2 rings (SSSR count). The highest BCUT2D eigenvalue weighted by molar-refractivity contribution is 5.32. The first-order valence-electron chi connectivity index (χ1n) is 6.23. The van der Waals surface area contributed by atoms with Gasteiger partial charge in [0.25, 0.3) is 0 Å². The van der Waals surface area contributed by atoms with Crippen molar-refractivity contribution < 1.29 is 5.11 Å². The van der Waals surface area contributed by atoms with Gasteiger partial charge in [-0.3, -0.25) is 0 Å². The van der Waals surface area contributed by atoms with Gasteiger partial charge >= 0.3 is 0 Å². The molecule has 0 radical (unpaired) electrons. The quantitative estimate of drug-likeness (QED) is 0.858. The molecule has 0 saturated heterocycles. The fraction of sp³-hybridized carbons (Fsp3) is 0.250. The van der Waals surface area contributed by atoms with E-state index in [1.807, 2.05) is 18.2 Å². The lowest BCUT2D eigenvalue weighted by molar-refractivity contribution is 0.460. The van der Waals surface area contributed by atoms with E-state index in [0.29, 0.717) is 12.3 Å². The fourth-order valence-corrected chi connectivity index (χ4v) is 1.90. The molecule has 0 fully saturated rings. The molecule has 2 N–H and O–H groups in total. The van der Waals surface area contributed by atoms with Crippen molar-refractivity contribution in [2.24, 2.45) is 0 Å². The fourth-order valence-electron chi connectivity index (χ4n) is 1.90. The summed E-state index contributed by atoms with van der Waals surface area (Å²) in [7, 11) is 0. The van der Waals surface area contributed by atoms with Gasteiger partial charge in [-0.25, -0.2) is 0 Å². The van der Waals surface area contributed by atoms with E-state index in [0.717, 1.165) is 5.56 Å². The highest BCUT2D eigenvalue weighted by atomic mass is 16.3. The van der Waals surface area contributed by atoms with Gasteiger partial charge in [0.15, 0.2) is 0 Å². The summed E-state index contributed by atoms with van der Waals surface area (Å²) in [6.45, 7) is 4.89. The number of aromatic hydroxyl groups is 1. The standard InChI is InChI=1S/C16H19NO/c1-12-7-9-14(10-8-12)13(2)17-11-15-5-3-4-6-16(15)18/h3-10,13,17-18H,11H2,1-2H3/t13-/m0/s1. The molecule has 18 heavy (non-hydrogen) atoms. The van der Waals surface area contributed by atoms with Crippen molar-refractivity contribution in [2.75, 3.05) is 0 Å². The molecule has 0 spiro atoms. The summed E-state index contributed by atoms with van der Waals surface area (Å²) in [5.74, 6) is 0.348. The molecule has 2 nitrogen and oxygen atoms in total. The molecule has 0 aliphatic heterocycles. The molecule has 2 aromatic carbocycles. The van der Waals surface area contributed by atoms with Crippen LogP contribution < -0.4 is 5.32 Å². The maximum absolute atomic E-state index is 9.69. The molecule has 2 heteroatoms. The number of phenols is 1. The normalized spacial score (nSPS) is 12.3. The number of hydrogen-bond acceptors (Lipinski definition) is 2. The number of benzene rings is 2. The number of hydrogen-bond donors (Lipinski definition) is 2. The number of rotatable bonds is 4. The minimum Gasteiger partial charge on any atom is -0.508 e. The summed E-state index contributed by atoms with van der Waals surface area (Å²) >= 11 is 0. The van der Waals surface area contributed by atoms with E-state index in [4.69, 9.17) is 0 Å². The van der Waals surface area contributed by atoms with Gasteiger partial charge < -0.3 is 10.4 Å². The lowest BCUT2D eigenvalue weighted by Gasteiger charge is -2.15. The van der Waals surface area contributed by atoms with Crippen LogP contribution in [-0.2, 0) is 6.54 Å². The van der Waals surface area contributed by atoms with Crippen LogP contribution in [0.25, 0.3) is 0 Å². The van der Waals surface area contributed by atoms with E-state index in [2.05, 4.69) is 43.4 Å². The van der Waals surface area contributed by atoms with E-state index in [9.17, 15) is 5.11 Å². The Kier molecular flexibility index (Phi) is 4.00. The molecule has 0 bridgehead atoms. The van der Waals surface area contributed by atoms with Crippen LogP contribution in [0.4, 0.5) is 0 Å². The first-order valence-corrected chi connectivity index (χ1v) is 6.23. The first kappa shape index (κ1) is 12.7. The maximum atomic E-state index is 9.69. The van der Waals surface area contributed by atoms with Crippen molar-refractivity contribution >= 4 is 0 Å². The summed E-state index contributed by atoms with van der Waals surface area (Å²) in [5.41, 5.74) is 3.46. The van der Waals surface area contributed by atoms with Gasteiger partial charge in [-0.1, -0.05) is 48.0 Å². The Labute approximate surface area is 108 Å². The molecule has 0 saturated carbocycles. The average Bonchev–Trinajstić information content (AvgIpc) is 2.38. The van der Waals surface area contributed by atoms with Gasteiger partial charge in [0.05, 0.1) is 0 Å². The lowest BCUT2D eigenvalue weighted by atomic mass is 10.1. The summed E-state index contributed by atoms with van der Waals surface area (Å²) in [6, 6.07) is 16.2. The molecule has 2 aromatic rings. The van der Waals surface area contributed by atoms with Crippen molar-refractivity contribution in [2.45, 2.75) is 26.4 Å². The zero-order chi connectivity index (χ0) is 13.0. The van der Waals surface area contributed by atoms with Gasteiger partial charge in [0.2, 0.25) is 0 Å². The van der Waals surface area contributed by atoms with Crippen LogP contribution >= 0.6 is 0 Å². The molecule has 0 heterocycles. The molecular formula is C16H19NO. The number of phenolic OH excluding ortho intramolecular Hbond substituents is 1. The van der Waals surface area contributed by atoms with Gasteiger partial charge in [0, 0.05) is 18.2 Å². The predicted octanol–water partition coefficient (Wildman–Crippen LogP) is 3.55. The Balaban J connectivity index is 1.98. The molecule has 0 unspecified atom stereocenters. The largest absolute Gasteiger partial charge is 0.508 e. The number of nitrogens with one attached hydrogen (secondary N) is 1. The van der Waals surface area contributed by atoms with E-state index in [1.165, 1.54) is 11.1 Å². The molecular weight excluding hydrogens is 222 g/mol. The van der Waals surface area contributed by atoms with Crippen molar-refractivity contribution in [3.8, 4) is 5.75 Å². The van der Waals surface area contributed by atoms with Crippen molar-refractivity contribution in [1.82, 2.24) is 5.32 Å². The zero-order valence-electron chi connectivity index (χ0n) is 10.9. The van der Waals surface area contributed by atoms with Gasteiger partial charge in [-0.15, -0.1) is 0 Å². The summed E-state index contributed by atoms with van der Waals surface area (Å²) in [6.07, 6.45) is 0. The Morgan fingerprint density at radius 2 is 1.72 bits per heavy atom. The van der Waals surface area contributed by atoms with Crippen LogP contribution in [0.3, 0.4) is 0 Å². The van der Waals surface area contributed by atoms with Gasteiger partial charge in [0.1, 0.15) is 5.75 Å². The Bertz CT molecular complexity index is 505. The SMILES string of the molecule is Cc1ccc([C@H](C)NCc2ccccc2O)cc1. The molecule has 1 atom stereocenters. The predicted molar refractivity (Wildman–Crippen MR) is 74.5 cm³/mol. The smallest absolute Gasteiger partial charge is 0.120 e. The van der Waals surface area contributed by atoms with Crippen LogP contribution in [0.5, 0.6) is 5.75 Å². The van der Waals surface area contributed by atoms with Crippen molar-refractivity contribution in [1.29, 1.82) is 0 Å². The van der Waals surface area contributed by atoms with Crippen LogP contribution in [0, 0.1) is 6.92 Å². The Hall–Kier alpha value is -1.80. The van der Waals surface area contributed by atoms with Crippen LogP contribution in [0.1, 0.15) is 29.7 Å². The molecule has 0 aliphatic rings. The highest BCUT2D eigenvalue weighted by Gasteiger charge is 2.05. The summed E-state index contributed by atoms with van der Waals surface area (Å²) < 4.78 is 0. The molecule has 0 aliphatic carbocycles. The van der Waals surface area contributed by atoms with E-state index >= 15 is 0 Å². The minimum atomic E-state index is 0.269. The number of para-hydroxylation sites is 1. The van der Waals surface area contributed by atoms with E-state index in [-0.39, 0.29) is 6.04 Å². The van der Waals surface area contributed by atoms with Crippen LogP contribution in [-0.4, -0.2) is 5.11 Å². The third-order valence-corrected chi connectivity index (χ3v) is 3.17. The van der Waals surface area contributed by atoms with Crippen LogP contribution in [0.2, 0.25) is 0 Å². The topological polar surface area (TPSA) is 32.3 Å². The zero-order valence-corrected chi connectivity index (χ0v) is 10.9.